The van der Waals surface area contributed by atoms with Crippen molar-refractivity contribution in [2.75, 3.05) is 11.9 Å². The summed E-state index contributed by atoms with van der Waals surface area (Å²) < 4.78 is 11.0. The first kappa shape index (κ1) is 21.4. The van der Waals surface area contributed by atoms with Gasteiger partial charge in [-0.3, -0.25) is 4.79 Å². The van der Waals surface area contributed by atoms with E-state index in [0.29, 0.717) is 22.9 Å². The Hall–Kier alpha value is -2.34. The number of aryl methyl sites for hydroxylation is 1. The largest absolute Gasteiger partial charge is 0.481 e. The maximum Gasteiger partial charge on any atom is 0.341 e. The standard InChI is InChI=1S/C23H29NO4S/c1-6-27-22(26)19-17-8-7-9-18(17)29-21(19)24-20(25)14(2)28-16-12-10-15(11-13-16)23(3,4)5/h10-14H,6-9H2,1-5H3,(H,24,25). The van der Waals surface area contributed by atoms with Crippen LogP contribution in [0.5, 0.6) is 5.75 Å². The van der Waals surface area contributed by atoms with Crippen molar-refractivity contribution in [1.29, 1.82) is 0 Å². The van der Waals surface area contributed by atoms with Crippen LogP contribution in [0, 0.1) is 0 Å². The molecule has 0 saturated carbocycles. The van der Waals surface area contributed by atoms with Crippen LogP contribution in [0.4, 0.5) is 5.00 Å². The summed E-state index contributed by atoms with van der Waals surface area (Å²) in [5.41, 5.74) is 2.80. The third kappa shape index (κ3) is 4.81. The van der Waals surface area contributed by atoms with Crippen LogP contribution in [0.25, 0.3) is 0 Å². The minimum absolute atomic E-state index is 0.0601. The fourth-order valence-electron chi connectivity index (χ4n) is 3.42. The van der Waals surface area contributed by atoms with E-state index < -0.39 is 6.10 Å². The average molecular weight is 416 g/mol. The molecular weight excluding hydrogens is 386 g/mol. The van der Waals surface area contributed by atoms with E-state index in [1.807, 2.05) is 24.3 Å². The second kappa shape index (κ2) is 8.57. The van der Waals surface area contributed by atoms with Crippen molar-refractivity contribution in [3.63, 3.8) is 0 Å². The first-order valence-electron chi connectivity index (χ1n) is 10.1. The van der Waals surface area contributed by atoms with Gasteiger partial charge < -0.3 is 14.8 Å². The molecule has 3 rings (SSSR count). The molecule has 5 nitrogen and oxygen atoms in total. The number of ether oxygens (including phenoxy) is 2. The number of anilines is 1. The van der Waals surface area contributed by atoms with Crippen LogP contribution in [0.15, 0.2) is 24.3 Å². The molecule has 1 amide bonds. The number of carbonyl (C=O) groups excluding carboxylic acids is 2. The highest BCUT2D eigenvalue weighted by Crippen LogP contribution is 2.39. The molecule has 0 saturated heterocycles. The first-order chi connectivity index (χ1) is 13.7. The number of thiophene rings is 1. The lowest BCUT2D eigenvalue weighted by atomic mass is 9.87. The number of amides is 1. The zero-order valence-corrected chi connectivity index (χ0v) is 18.6. The van der Waals surface area contributed by atoms with Gasteiger partial charge in [-0.15, -0.1) is 11.3 Å². The lowest BCUT2D eigenvalue weighted by molar-refractivity contribution is -0.122. The highest BCUT2D eigenvalue weighted by Gasteiger charge is 2.29. The zero-order chi connectivity index (χ0) is 21.2. The molecule has 29 heavy (non-hydrogen) atoms. The first-order valence-corrected chi connectivity index (χ1v) is 10.9. The van der Waals surface area contributed by atoms with Gasteiger partial charge in [-0.2, -0.15) is 0 Å². The van der Waals surface area contributed by atoms with Gasteiger partial charge in [-0.1, -0.05) is 32.9 Å². The van der Waals surface area contributed by atoms with Crippen LogP contribution in [-0.2, 0) is 27.8 Å². The minimum atomic E-state index is -0.692. The number of fused-ring (bicyclic) bond motifs is 1. The summed E-state index contributed by atoms with van der Waals surface area (Å²) in [6.45, 7) is 10.2. The molecule has 1 N–H and O–H groups in total. The molecule has 1 aliphatic rings. The van der Waals surface area contributed by atoms with Gasteiger partial charge in [0.15, 0.2) is 6.10 Å². The number of rotatable bonds is 6. The molecule has 1 unspecified atom stereocenters. The van der Waals surface area contributed by atoms with Gasteiger partial charge in [0.25, 0.3) is 5.91 Å². The van der Waals surface area contributed by atoms with Crippen molar-refractivity contribution < 1.29 is 19.1 Å². The molecule has 0 spiro atoms. The maximum atomic E-state index is 12.7. The zero-order valence-electron chi connectivity index (χ0n) is 17.8. The molecule has 0 aliphatic heterocycles. The molecule has 1 aliphatic carbocycles. The molecule has 1 aromatic carbocycles. The SMILES string of the molecule is CCOC(=O)c1c(NC(=O)C(C)Oc2ccc(C(C)(C)C)cc2)sc2c1CCC2. The number of hydrogen-bond acceptors (Lipinski definition) is 5. The summed E-state index contributed by atoms with van der Waals surface area (Å²) in [6.07, 6.45) is 2.13. The van der Waals surface area contributed by atoms with E-state index in [0.717, 1.165) is 29.7 Å². The Balaban J connectivity index is 1.71. The molecule has 0 radical (unpaired) electrons. The van der Waals surface area contributed by atoms with Crippen LogP contribution in [0.3, 0.4) is 0 Å². The van der Waals surface area contributed by atoms with Crippen LogP contribution in [-0.4, -0.2) is 24.6 Å². The monoisotopic (exact) mass is 415 g/mol. The van der Waals surface area contributed by atoms with Crippen molar-refractivity contribution in [1.82, 2.24) is 0 Å². The van der Waals surface area contributed by atoms with E-state index in [1.165, 1.54) is 16.9 Å². The Bertz CT molecular complexity index is 893. The number of benzene rings is 1. The Kier molecular flexibility index (Phi) is 6.32. The second-order valence-electron chi connectivity index (χ2n) is 8.31. The smallest absolute Gasteiger partial charge is 0.341 e. The van der Waals surface area contributed by atoms with E-state index in [2.05, 4.69) is 26.1 Å². The molecule has 1 aromatic heterocycles. The van der Waals surface area contributed by atoms with E-state index in [1.54, 1.807) is 13.8 Å². The van der Waals surface area contributed by atoms with E-state index in [-0.39, 0.29) is 17.3 Å². The van der Waals surface area contributed by atoms with Gasteiger partial charge in [-0.25, -0.2) is 4.79 Å². The molecule has 1 atom stereocenters. The van der Waals surface area contributed by atoms with Gasteiger partial charge in [0, 0.05) is 4.88 Å². The summed E-state index contributed by atoms with van der Waals surface area (Å²) in [7, 11) is 0. The third-order valence-corrected chi connectivity index (χ3v) is 6.25. The van der Waals surface area contributed by atoms with Crippen molar-refractivity contribution in [2.24, 2.45) is 0 Å². The summed E-state index contributed by atoms with van der Waals surface area (Å²) in [6, 6.07) is 7.80. The average Bonchev–Trinajstić information content (AvgIpc) is 3.22. The van der Waals surface area contributed by atoms with Crippen molar-refractivity contribution in [3.8, 4) is 5.75 Å². The van der Waals surface area contributed by atoms with Crippen molar-refractivity contribution >= 4 is 28.2 Å². The quantitative estimate of drug-likeness (QED) is 0.665. The Labute approximate surface area is 176 Å². The van der Waals surface area contributed by atoms with E-state index >= 15 is 0 Å². The minimum Gasteiger partial charge on any atom is -0.481 e. The Morgan fingerprint density at radius 1 is 1.17 bits per heavy atom. The highest BCUT2D eigenvalue weighted by atomic mass is 32.1. The second-order valence-corrected chi connectivity index (χ2v) is 9.41. The van der Waals surface area contributed by atoms with Crippen molar-refractivity contribution in [3.05, 3.63) is 45.8 Å². The molecule has 2 aromatic rings. The summed E-state index contributed by atoms with van der Waals surface area (Å²) >= 11 is 1.47. The normalized spacial score (nSPS) is 14.2. The fourth-order valence-corrected chi connectivity index (χ4v) is 4.70. The predicted octanol–water partition coefficient (Wildman–Crippen LogP) is 5.12. The third-order valence-electron chi connectivity index (χ3n) is 5.04. The van der Waals surface area contributed by atoms with Gasteiger partial charge in [-0.05, 0) is 61.8 Å². The highest BCUT2D eigenvalue weighted by molar-refractivity contribution is 7.17. The van der Waals surface area contributed by atoms with Gasteiger partial charge in [0.2, 0.25) is 0 Å². The number of esters is 1. The lowest BCUT2D eigenvalue weighted by Crippen LogP contribution is -2.30. The van der Waals surface area contributed by atoms with E-state index in [9.17, 15) is 9.59 Å². The molecular formula is C23H29NO4S. The topological polar surface area (TPSA) is 64.6 Å². The summed E-state index contributed by atoms with van der Waals surface area (Å²) in [5.74, 6) is -0.0103. The van der Waals surface area contributed by atoms with Crippen LogP contribution in [0.1, 0.15) is 67.4 Å². The van der Waals surface area contributed by atoms with Crippen LogP contribution >= 0.6 is 11.3 Å². The van der Waals surface area contributed by atoms with Crippen LogP contribution in [0.2, 0.25) is 0 Å². The predicted molar refractivity (Wildman–Crippen MR) is 116 cm³/mol. The molecule has 0 fully saturated rings. The molecule has 6 heteroatoms. The number of carbonyl (C=O) groups is 2. The number of hydrogen-bond donors (Lipinski definition) is 1. The molecule has 1 heterocycles. The molecule has 156 valence electrons. The maximum absolute atomic E-state index is 12.7. The van der Waals surface area contributed by atoms with Crippen LogP contribution < -0.4 is 10.1 Å². The Morgan fingerprint density at radius 3 is 2.48 bits per heavy atom. The lowest BCUT2D eigenvalue weighted by Gasteiger charge is -2.20. The van der Waals surface area contributed by atoms with Gasteiger partial charge >= 0.3 is 5.97 Å². The molecule has 0 bridgehead atoms. The van der Waals surface area contributed by atoms with Gasteiger partial charge in [0.05, 0.1) is 12.2 Å². The fraction of sp³-hybridized carbons (Fsp3) is 0.478. The Morgan fingerprint density at radius 2 is 1.86 bits per heavy atom. The van der Waals surface area contributed by atoms with Gasteiger partial charge in [0.1, 0.15) is 10.8 Å². The number of nitrogens with one attached hydrogen (secondary N) is 1. The van der Waals surface area contributed by atoms with E-state index in [4.69, 9.17) is 9.47 Å². The summed E-state index contributed by atoms with van der Waals surface area (Å²) in [4.78, 5) is 26.3. The van der Waals surface area contributed by atoms with Crippen molar-refractivity contribution in [2.45, 2.75) is 65.4 Å². The summed E-state index contributed by atoms with van der Waals surface area (Å²) in [5, 5.41) is 3.46.